The predicted molar refractivity (Wildman–Crippen MR) is 470 cm³/mol. The van der Waals surface area contributed by atoms with E-state index in [0.29, 0.717) is 57.5 Å². The summed E-state index contributed by atoms with van der Waals surface area (Å²) in [5.74, 6) is -1.70. The predicted octanol–water partition coefficient (Wildman–Crippen LogP) is 9.33. The minimum Gasteiger partial charge on any atom is -1.00 e. The molecule has 9 aromatic rings. The van der Waals surface area contributed by atoms with Crippen molar-refractivity contribution in [3.05, 3.63) is 231 Å². The minimum atomic E-state index is -3.46. The van der Waals surface area contributed by atoms with Crippen molar-refractivity contribution in [1.82, 2.24) is 20.6 Å². The zero-order chi connectivity index (χ0) is 91.5. The largest absolute Gasteiger partial charge is 1.00 e. The maximum atomic E-state index is 13.2. The number of benzene rings is 7. The molecular formula is C91H108Cs2N12O21S. The first kappa shape index (κ1) is 110. The zero-order valence-corrected chi connectivity index (χ0v) is 87.4. The molecular weight excluding hydrogens is 1890 g/mol. The van der Waals surface area contributed by atoms with Crippen LogP contribution in [0.4, 0.5) is 21.2 Å². The van der Waals surface area contributed by atoms with E-state index < -0.39 is 62.9 Å². The average Bonchev–Trinajstić information content (AvgIpc) is 0.783. The fraction of sp³-hybridized carbons (Fsp3) is 0.374. The third-order valence-electron chi connectivity index (χ3n) is 18.5. The van der Waals surface area contributed by atoms with Crippen LogP contribution in [-0.2, 0) is 76.7 Å². The van der Waals surface area contributed by atoms with Crippen molar-refractivity contribution >= 4 is 97.0 Å². The van der Waals surface area contributed by atoms with E-state index in [4.69, 9.17) is 54.3 Å². The number of azide groups is 2. The van der Waals surface area contributed by atoms with E-state index in [1.807, 2.05) is 148 Å². The fourth-order valence-electron chi connectivity index (χ4n) is 12.5. The number of nitrogens with one attached hydrogen (secondary N) is 2. The quantitative estimate of drug-likeness (QED) is 0.00370. The number of carbonyl (C=O) groups excluding carboxylic acids is 9. The summed E-state index contributed by atoms with van der Waals surface area (Å²) >= 11 is 0. The van der Waals surface area contributed by atoms with Gasteiger partial charge in [-0.25, -0.2) is 28.0 Å². The summed E-state index contributed by atoms with van der Waals surface area (Å²) in [6.45, 7) is 18.3. The molecule has 4 amide bonds. The number of fused-ring (bicyclic) bond motifs is 2. The van der Waals surface area contributed by atoms with Crippen LogP contribution in [0.3, 0.4) is 0 Å². The Morgan fingerprint density at radius 2 is 0.961 bits per heavy atom. The van der Waals surface area contributed by atoms with Gasteiger partial charge in [0.2, 0.25) is 11.8 Å². The third kappa shape index (κ3) is 39.7. The Balaban J connectivity index is 0.000000547. The second-order valence-corrected chi connectivity index (χ2v) is 32.4. The van der Waals surface area contributed by atoms with Crippen molar-refractivity contribution in [1.29, 1.82) is 0 Å². The molecule has 0 spiro atoms. The van der Waals surface area contributed by atoms with E-state index in [0.717, 1.165) is 77.4 Å². The molecule has 666 valence electrons. The van der Waals surface area contributed by atoms with Crippen LogP contribution in [0.5, 0.6) is 11.5 Å². The van der Waals surface area contributed by atoms with Gasteiger partial charge in [-0.15, -0.1) is 0 Å². The molecule has 33 nitrogen and oxygen atoms in total. The number of esters is 2. The number of nitrogens with zero attached hydrogens (tertiary/aromatic N) is 10. The normalized spacial score (nSPS) is 11.2. The number of phenols is 1. The van der Waals surface area contributed by atoms with Crippen molar-refractivity contribution in [2.24, 2.45) is 10.2 Å². The first-order valence-electron chi connectivity index (χ1n) is 40.0. The maximum Gasteiger partial charge on any atom is 1.00 e. The molecule has 0 saturated heterocycles. The van der Waals surface area contributed by atoms with Crippen LogP contribution in [0.15, 0.2) is 197 Å². The van der Waals surface area contributed by atoms with Gasteiger partial charge in [-0.3, -0.25) is 43.4 Å². The smallest absolute Gasteiger partial charge is 1.00 e. The first-order valence-corrected chi connectivity index (χ1v) is 41.7. The van der Waals surface area contributed by atoms with Gasteiger partial charge in [0.05, 0.1) is 71.5 Å². The van der Waals surface area contributed by atoms with Crippen LogP contribution in [-0.4, -0.2) is 175 Å². The number of ether oxygens (including phenoxy) is 7. The van der Waals surface area contributed by atoms with Gasteiger partial charge in [-0.05, 0) is 190 Å². The number of methoxy groups -OCH3 is 2. The van der Waals surface area contributed by atoms with Gasteiger partial charge < -0.3 is 60.5 Å². The molecule has 0 aliphatic carbocycles. The molecule has 0 radical (unpaired) electrons. The van der Waals surface area contributed by atoms with E-state index >= 15 is 0 Å². The van der Waals surface area contributed by atoms with Crippen molar-refractivity contribution in [2.45, 2.75) is 142 Å². The number of amides is 4. The summed E-state index contributed by atoms with van der Waals surface area (Å²) in [5.41, 5.74) is 23.1. The summed E-state index contributed by atoms with van der Waals surface area (Å²) in [4.78, 5) is 130. The Hall–Kier alpha value is -9.26. The molecule has 9 rings (SSSR count). The number of pyridine rings is 2. The Morgan fingerprint density at radius 3 is 1.39 bits per heavy atom. The van der Waals surface area contributed by atoms with Crippen LogP contribution in [0.25, 0.3) is 64.7 Å². The number of sulfone groups is 1. The van der Waals surface area contributed by atoms with Gasteiger partial charge in [0.25, 0.3) is 6.47 Å². The van der Waals surface area contributed by atoms with Gasteiger partial charge >= 0.3 is 162 Å². The van der Waals surface area contributed by atoms with E-state index in [9.17, 15) is 51.9 Å². The average molecular weight is 2000 g/mol. The van der Waals surface area contributed by atoms with Crippen molar-refractivity contribution in [3.8, 4) is 33.8 Å². The standard InChI is InChI=1S/C44H54N6O9.C38H43N3O7.C8H9N3O2S.CH2O3.2Cs.H/c1-31-18-19-46-40(27-31)50(43(54)59-44(2,3)4)21-8-11-41(52)47-30-35(51)28-34(29-42(53)55-5)32-12-14-33(15-13-32)36-16-17-39(38-10-7-6-9-37(36)38)58-26-25-57-24-23-56-22-20-48-49-45;1-25-18-19-39-34(21-25)41(37(46)48-38(2,3)4)20-8-11-35(44)40-24-29(42)22-28(23-36(45)47-5)26-12-14-27(15-13-26)30-16-17-33(43)32-10-7-6-9-31(30)32;1-7-2-4-8(5-3-7)14(12,13)6-10-11-9;2-1-4-3;;;/h6-7,9-10,12-19,27,34H,8,11,20-26,28-30H2,1-5H3,(H,47,52);6-7,9-10,12-19,21,28,43H,8,11,20,22-24H2,1-5H3,(H,40,44);2-5H,6H2,1H3;1,3H;;;/q;;;;2*+1;-1/p-1/t34-;28-;;;;;/m11...../s1. The number of ketones is 2. The fourth-order valence-corrected chi connectivity index (χ4v) is 13.4. The molecule has 0 bridgehead atoms. The molecule has 2 atom stereocenters. The molecule has 7 aromatic carbocycles. The van der Waals surface area contributed by atoms with E-state index in [-0.39, 0.29) is 251 Å². The van der Waals surface area contributed by atoms with Crippen LogP contribution >= 0.6 is 0 Å². The number of carbonyl (C=O) groups is 9. The molecule has 0 saturated carbocycles. The van der Waals surface area contributed by atoms with Crippen LogP contribution in [0.1, 0.15) is 134 Å². The molecule has 2 aromatic heterocycles. The molecule has 36 heteroatoms. The molecule has 127 heavy (non-hydrogen) atoms. The van der Waals surface area contributed by atoms with Gasteiger partial charge in [0.15, 0.2) is 21.4 Å². The monoisotopic (exact) mass is 2000 g/mol. The van der Waals surface area contributed by atoms with E-state index in [1.54, 1.807) is 84.3 Å². The summed E-state index contributed by atoms with van der Waals surface area (Å²) in [7, 11) is -0.847. The SMILES string of the molecule is COC(=O)C[C@@H](CC(=O)CNC(=O)CCCN(C(=O)OC(C)(C)C)c1cc(C)ccn1)c1ccc(-c2ccc(O)c3ccccc23)cc1.COC(=O)C[C@@H](CC(=O)CNC(=O)CCCN(C(=O)OC(C)(C)C)c1cc(C)ccn1)c1ccc(-c2ccc(OCCOCCOCCN=[N+]=[N-])c3ccccc23)cc1.Cc1ccc(S(=O)(=O)CN=[N+]=[N-])cc1.O=CO[O-].[Cs+].[Cs+].[H-]. The second-order valence-electron chi connectivity index (χ2n) is 30.4. The molecule has 3 N–H and O–H groups in total. The Kier molecular flexibility index (Phi) is 49.9. The third-order valence-corrected chi connectivity index (χ3v) is 19.9. The summed E-state index contributed by atoms with van der Waals surface area (Å²) in [5, 5.41) is 34.1. The molecule has 0 aliphatic rings. The van der Waals surface area contributed by atoms with Gasteiger partial charge in [-0.1, -0.05) is 137 Å². The van der Waals surface area contributed by atoms with Crippen LogP contribution < -0.4 is 168 Å². The van der Waals surface area contributed by atoms with Gasteiger partial charge in [0, 0.05) is 90.1 Å². The number of hydrogen-bond donors (Lipinski definition) is 3. The number of aromatic nitrogens is 2. The topological polar surface area (TPSA) is 459 Å². The van der Waals surface area contributed by atoms with E-state index in [1.165, 1.54) is 36.2 Å². The number of aryl methyl sites for hydroxylation is 3. The number of aromatic hydroxyl groups is 1. The van der Waals surface area contributed by atoms with Crippen LogP contribution in [0, 0.1) is 20.8 Å². The summed E-state index contributed by atoms with van der Waals surface area (Å²) in [6.07, 6.45) is 2.93. The second kappa shape index (κ2) is 57.6. The minimum absolute atomic E-state index is 0. The van der Waals surface area contributed by atoms with Gasteiger partial charge in [-0.2, -0.15) is 0 Å². The Morgan fingerprint density at radius 1 is 0.543 bits per heavy atom. The number of hydrogen-bond acceptors (Lipinski definition) is 25. The number of rotatable bonds is 40. The molecule has 0 unspecified atom stereocenters. The Labute approximate surface area is 858 Å². The first-order chi connectivity index (χ1) is 59.7. The number of Topliss-reactive ketones (excluding diaryl/α,β-unsaturated/α-hetero) is 2. The number of anilines is 2. The van der Waals surface area contributed by atoms with E-state index in [2.05, 4.69) is 45.5 Å². The van der Waals surface area contributed by atoms with Crippen molar-refractivity contribution < 1.29 is 239 Å². The maximum absolute atomic E-state index is 13.2. The van der Waals surface area contributed by atoms with Gasteiger partial charge in [0.1, 0.15) is 46.8 Å². The van der Waals surface area contributed by atoms with Crippen molar-refractivity contribution in [2.75, 3.05) is 95.7 Å². The Bertz CT molecular complexity index is 5330. The number of phenolic OH excluding ortho intramolecular Hbond substituents is 1. The molecule has 0 fully saturated rings. The summed E-state index contributed by atoms with van der Waals surface area (Å²) in [6, 6.07) is 51.9. The molecule has 2 heterocycles. The summed E-state index contributed by atoms with van der Waals surface area (Å²) < 4.78 is 60.8. The van der Waals surface area contributed by atoms with Crippen LogP contribution in [0.2, 0.25) is 0 Å². The molecule has 0 aliphatic heterocycles. The van der Waals surface area contributed by atoms with Crippen molar-refractivity contribution in [3.63, 3.8) is 0 Å². The zero-order valence-electron chi connectivity index (χ0n) is 75.0.